The van der Waals surface area contributed by atoms with Gasteiger partial charge in [0.25, 0.3) is 0 Å². The van der Waals surface area contributed by atoms with E-state index in [1.54, 1.807) is 6.08 Å². The van der Waals surface area contributed by atoms with Crippen molar-refractivity contribution in [2.75, 3.05) is 0 Å². The van der Waals surface area contributed by atoms with Gasteiger partial charge in [-0.2, -0.15) is 0 Å². The average molecular weight is 138 g/mol. The molecule has 2 nitrogen and oxygen atoms in total. The molecule has 2 aliphatic rings. The fraction of sp³-hybridized carbons (Fsp3) is 0.500. The Morgan fingerprint density at radius 3 is 3.00 bits per heavy atom. The van der Waals surface area contributed by atoms with Crippen molar-refractivity contribution in [1.82, 2.24) is 0 Å². The number of hydrogen-bond donors (Lipinski definition) is 1. The van der Waals surface area contributed by atoms with E-state index in [1.807, 2.05) is 6.08 Å². The summed E-state index contributed by atoms with van der Waals surface area (Å²) in [6.45, 7) is 3.64. The third-order valence-electron chi connectivity index (χ3n) is 2.09. The second kappa shape index (κ2) is 1.94. The highest BCUT2D eigenvalue weighted by Crippen LogP contribution is 2.34. The third-order valence-corrected chi connectivity index (χ3v) is 2.09. The smallest absolute Gasteiger partial charge is 0.109 e. The molecule has 0 amide bonds. The van der Waals surface area contributed by atoms with Gasteiger partial charge in [0.1, 0.15) is 6.10 Å². The molecule has 1 fully saturated rings. The van der Waals surface area contributed by atoms with Gasteiger partial charge < -0.3 is 9.84 Å². The predicted molar refractivity (Wildman–Crippen MR) is 37.6 cm³/mol. The quantitative estimate of drug-likeness (QED) is 0.576. The first-order chi connectivity index (χ1) is 4.81. The zero-order valence-corrected chi connectivity index (χ0v) is 5.66. The number of rotatable bonds is 1. The molecule has 0 aliphatic carbocycles. The van der Waals surface area contributed by atoms with Crippen LogP contribution in [0.3, 0.4) is 0 Å². The van der Waals surface area contributed by atoms with Crippen molar-refractivity contribution in [3.05, 3.63) is 24.3 Å². The fourth-order valence-electron chi connectivity index (χ4n) is 1.60. The first-order valence-corrected chi connectivity index (χ1v) is 3.49. The lowest BCUT2D eigenvalue weighted by Crippen LogP contribution is -2.22. The summed E-state index contributed by atoms with van der Waals surface area (Å²) < 4.78 is 5.37. The van der Waals surface area contributed by atoms with Crippen molar-refractivity contribution in [1.29, 1.82) is 0 Å². The molecule has 2 rings (SSSR count). The van der Waals surface area contributed by atoms with Gasteiger partial charge in [0.15, 0.2) is 0 Å². The summed E-state index contributed by atoms with van der Waals surface area (Å²) in [5, 5.41) is 9.31. The van der Waals surface area contributed by atoms with Crippen molar-refractivity contribution >= 4 is 0 Å². The lowest BCUT2D eigenvalue weighted by Gasteiger charge is -2.12. The molecular weight excluding hydrogens is 128 g/mol. The average Bonchev–Trinajstić information content (AvgIpc) is 2.44. The number of ether oxygens (including phenoxy) is 1. The van der Waals surface area contributed by atoms with Gasteiger partial charge in [0, 0.05) is 6.42 Å². The van der Waals surface area contributed by atoms with Gasteiger partial charge >= 0.3 is 0 Å². The van der Waals surface area contributed by atoms with Crippen LogP contribution in [0.1, 0.15) is 6.42 Å². The monoisotopic (exact) mass is 138 g/mol. The van der Waals surface area contributed by atoms with Gasteiger partial charge in [-0.3, -0.25) is 0 Å². The summed E-state index contributed by atoms with van der Waals surface area (Å²) >= 11 is 0. The second-order valence-corrected chi connectivity index (χ2v) is 2.77. The lowest BCUT2D eigenvalue weighted by atomic mass is 9.97. The Kier molecular flexibility index (Phi) is 1.19. The molecule has 0 aromatic carbocycles. The van der Waals surface area contributed by atoms with E-state index in [4.69, 9.17) is 4.74 Å². The first kappa shape index (κ1) is 6.13. The SMILES string of the molecule is C=CC1=C[C@@H]2C[C@H](O)[C@H]1O2. The van der Waals surface area contributed by atoms with Gasteiger partial charge in [-0.1, -0.05) is 12.7 Å². The number of aliphatic hydroxyl groups is 1. The summed E-state index contributed by atoms with van der Waals surface area (Å²) in [5.74, 6) is 0. The summed E-state index contributed by atoms with van der Waals surface area (Å²) in [6.07, 6.45) is 4.30. The Morgan fingerprint density at radius 2 is 2.60 bits per heavy atom. The topological polar surface area (TPSA) is 29.5 Å². The molecule has 54 valence electrons. The van der Waals surface area contributed by atoms with E-state index in [0.717, 1.165) is 12.0 Å². The van der Waals surface area contributed by atoms with Crippen molar-refractivity contribution in [2.24, 2.45) is 0 Å². The standard InChI is InChI=1S/C8H10O2/c1-2-5-3-6-4-7(9)8(5)10-6/h2-3,6-9H,1,4H2/t6-,7+,8+/m1/s1. The normalized spacial score (nSPS) is 43.7. The van der Waals surface area contributed by atoms with Crippen LogP contribution in [0.4, 0.5) is 0 Å². The molecule has 2 heterocycles. The van der Waals surface area contributed by atoms with E-state index in [9.17, 15) is 5.11 Å². The fourth-order valence-corrected chi connectivity index (χ4v) is 1.60. The zero-order chi connectivity index (χ0) is 7.14. The molecule has 10 heavy (non-hydrogen) atoms. The van der Waals surface area contributed by atoms with Crippen LogP contribution in [0.2, 0.25) is 0 Å². The molecule has 0 radical (unpaired) electrons. The molecule has 2 bridgehead atoms. The van der Waals surface area contributed by atoms with E-state index < -0.39 is 0 Å². The van der Waals surface area contributed by atoms with E-state index in [0.29, 0.717) is 0 Å². The van der Waals surface area contributed by atoms with E-state index in [-0.39, 0.29) is 18.3 Å². The molecule has 3 atom stereocenters. The zero-order valence-electron chi connectivity index (χ0n) is 5.66. The molecule has 0 saturated carbocycles. The van der Waals surface area contributed by atoms with Gasteiger partial charge in [-0.25, -0.2) is 0 Å². The van der Waals surface area contributed by atoms with Crippen LogP contribution >= 0.6 is 0 Å². The maximum Gasteiger partial charge on any atom is 0.109 e. The Balaban J connectivity index is 2.26. The Hall–Kier alpha value is -0.600. The van der Waals surface area contributed by atoms with E-state index in [1.165, 1.54) is 0 Å². The third kappa shape index (κ3) is 0.662. The molecule has 2 aliphatic heterocycles. The molecule has 1 N–H and O–H groups in total. The van der Waals surface area contributed by atoms with Crippen LogP contribution in [0.25, 0.3) is 0 Å². The number of hydrogen-bond acceptors (Lipinski definition) is 2. The largest absolute Gasteiger partial charge is 0.390 e. The Labute approximate surface area is 59.8 Å². The van der Waals surface area contributed by atoms with Gasteiger partial charge in [-0.05, 0) is 11.6 Å². The summed E-state index contributed by atoms with van der Waals surface area (Å²) in [5.41, 5.74) is 1.05. The maximum atomic E-state index is 9.31. The second-order valence-electron chi connectivity index (χ2n) is 2.77. The number of aliphatic hydroxyl groups excluding tert-OH is 1. The highest BCUT2D eigenvalue weighted by molar-refractivity contribution is 5.31. The summed E-state index contributed by atoms with van der Waals surface area (Å²) in [7, 11) is 0. The van der Waals surface area contributed by atoms with Crippen LogP contribution in [0.15, 0.2) is 24.3 Å². The van der Waals surface area contributed by atoms with Crippen LogP contribution in [0, 0.1) is 0 Å². The molecule has 0 aromatic heterocycles. The van der Waals surface area contributed by atoms with Gasteiger partial charge in [-0.15, -0.1) is 0 Å². The maximum absolute atomic E-state index is 9.31. The molecule has 0 unspecified atom stereocenters. The minimum atomic E-state index is -0.303. The first-order valence-electron chi connectivity index (χ1n) is 3.49. The summed E-state index contributed by atoms with van der Waals surface area (Å²) in [4.78, 5) is 0. The minimum Gasteiger partial charge on any atom is -0.390 e. The Morgan fingerprint density at radius 1 is 1.80 bits per heavy atom. The van der Waals surface area contributed by atoms with Crippen molar-refractivity contribution < 1.29 is 9.84 Å². The van der Waals surface area contributed by atoms with Crippen LogP contribution in [0.5, 0.6) is 0 Å². The van der Waals surface area contributed by atoms with Crippen molar-refractivity contribution in [2.45, 2.75) is 24.7 Å². The molecule has 1 saturated heterocycles. The molecular formula is C8H10O2. The molecule has 2 heteroatoms. The van der Waals surface area contributed by atoms with Crippen molar-refractivity contribution in [3.8, 4) is 0 Å². The van der Waals surface area contributed by atoms with Crippen molar-refractivity contribution in [3.63, 3.8) is 0 Å². The molecule has 0 aromatic rings. The summed E-state index contributed by atoms with van der Waals surface area (Å²) in [6, 6.07) is 0. The van der Waals surface area contributed by atoms with Crippen LogP contribution in [-0.4, -0.2) is 23.4 Å². The number of fused-ring (bicyclic) bond motifs is 2. The van der Waals surface area contributed by atoms with E-state index in [2.05, 4.69) is 6.58 Å². The van der Waals surface area contributed by atoms with Crippen LogP contribution in [-0.2, 0) is 4.74 Å². The highest BCUT2D eigenvalue weighted by Gasteiger charge is 2.39. The van der Waals surface area contributed by atoms with Crippen LogP contribution < -0.4 is 0 Å². The predicted octanol–water partition coefficient (Wildman–Crippen LogP) is 0.631. The molecule has 0 spiro atoms. The highest BCUT2D eigenvalue weighted by atomic mass is 16.5. The van der Waals surface area contributed by atoms with E-state index >= 15 is 0 Å². The van der Waals surface area contributed by atoms with Gasteiger partial charge in [0.2, 0.25) is 0 Å². The lowest BCUT2D eigenvalue weighted by molar-refractivity contribution is 0.0659. The van der Waals surface area contributed by atoms with Gasteiger partial charge in [0.05, 0.1) is 12.2 Å². The Bertz CT molecular complexity index is 195. The minimum absolute atomic E-state index is 0.0810.